The maximum Gasteiger partial charge on any atom is 0.224 e. The summed E-state index contributed by atoms with van der Waals surface area (Å²) in [5.74, 6) is 0.259. The number of hydrogen-bond donors (Lipinski definition) is 0. The van der Waals surface area contributed by atoms with Crippen LogP contribution >= 0.6 is 11.6 Å². The molecule has 1 aromatic heterocycles. The van der Waals surface area contributed by atoms with Gasteiger partial charge in [0.05, 0.1) is 34.6 Å². The molecule has 1 aliphatic heterocycles. The van der Waals surface area contributed by atoms with E-state index >= 15 is 0 Å². The first kappa shape index (κ1) is 18.8. The second-order valence-electron chi connectivity index (χ2n) is 7.21. The predicted octanol–water partition coefficient (Wildman–Crippen LogP) is 4.83. The van der Waals surface area contributed by atoms with E-state index in [9.17, 15) is 4.79 Å². The summed E-state index contributed by atoms with van der Waals surface area (Å²) in [6.07, 6.45) is 0.140. The molecule has 0 aliphatic carbocycles. The number of carbonyl (C=O) groups is 1. The number of ether oxygens (including phenoxy) is 3. The van der Waals surface area contributed by atoms with E-state index < -0.39 is 17.5 Å². The number of pyridine rings is 1. The van der Waals surface area contributed by atoms with Gasteiger partial charge in [-0.1, -0.05) is 29.8 Å². The van der Waals surface area contributed by atoms with Gasteiger partial charge in [0.2, 0.25) is 5.88 Å². The van der Waals surface area contributed by atoms with Crippen LogP contribution in [0.1, 0.15) is 49.9 Å². The number of hydrogen-bond acceptors (Lipinski definition) is 5. The van der Waals surface area contributed by atoms with E-state index in [4.69, 9.17) is 25.8 Å². The Kier molecular flexibility index (Phi) is 4.82. The summed E-state index contributed by atoms with van der Waals surface area (Å²) in [5, 5.41) is 0.499. The van der Waals surface area contributed by atoms with Gasteiger partial charge in [0.25, 0.3) is 0 Å². The molecule has 2 aromatic rings. The van der Waals surface area contributed by atoms with Crippen molar-refractivity contribution in [2.45, 2.75) is 45.2 Å². The number of rotatable bonds is 4. The van der Waals surface area contributed by atoms with Crippen LogP contribution < -0.4 is 4.74 Å². The molecule has 0 unspecified atom stereocenters. The van der Waals surface area contributed by atoms with E-state index in [0.717, 1.165) is 11.1 Å². The second-order valence-corrected chi connectivity index (χ2v) is 7.59. The first-order valence-corrected chi connectivity index (χ1v) is 8.72. The summed E-state index contributed by atoms with van der Waals surface area (Å²) < 4.78 is 17.4. The smallest absolute Gasteiger partial charge is 0.224 e. The lowest BCUT2D eigenvalue weighted by Crippen LogP contribution is -2.41. The summed E-state index contributed by atoms with van der Waals surface area (Å²) in [7, 11) is 1.47. The molecule has 1 saturated heterocycles. The van der Waals surface area contributed by atoms with Crippen LogP contribution in [0.3, 0.4) is 0 Å². The maximum atomic E-state index is 11.1. The third kappa shape index (κ3) is 3.11. The minimum atomic E-state index is -0.566. The highest BCUT2D eigenvalue weighted by molar-refractivity contribution is 6.34. The van der Waals surface area contributed by atoms with Crippen molar-refractivity contribution in [3.8, 4) is 17.1 Å². The van der Waals surface area contributed by atoms with Gasteiger partial charge in [0.15, 0.2) is 12.6 Å². The summed E-state index contributed by atoms with van der Waals surface area (Å²) in [6, 6.07) is 9.02. The average Bonchev–Trinajstić information content (AvgIpc) is 2.82. The largest absolute Gasteiger partial charge is 0.480 e. The van der Waals surface area contributed by atoms with E-state index in [1.165, 1.54) is 7.11 Å². The molecule has 0 bridgehead atoms. The van der Waals surface area contributed by atoms with Crippen LogP contribution in [0.4, 0.5) is 0 Å². The molecular formula is C20H22ClNO4. The molecule has 0 N–H and O–H groups in total. The fraction of sp³-hybridized carbons (Fsp3) is 0.400. The van der Waals surface area contributed by atoms with Crippen molar-refractivity contribution in [2.24, 2.45) is 0 Å². The summed E-state index contributed by atoms with van der Waals surface area (Å²) in [6.45, 7) is 7.98. The third-order valence-electron chi connectivity index (χ3n) is 5.02. The lowest BCUT2D eigenvalue weighted by molar-refractivity contribution is -0.0894. The molecule has 0 saturated carbocycles. The fourth-order valence-electron chi connectivity index (χ4n) is 2.75. The van der Waals surface area contributed by atoms with Crippen LogP contribution in [0.2, 0.25) is 5.02 Å². The Morgan fingerprint density at radius 1 is 1.12 bits per heavy atom. The molecule has 26 heavy (non-hydrogen) atoms. The average molecular weight is 376 g/mol. The maximum absolute atomic E-state index is 11.1. The molecule has 1 aliphatic rings. The van der Waals surface area contributed by atoms with Crippen LogP contribution in [-0.2, 0) is 9.47 Å². The van der Waals surface area contributed by atoms with Crippen molar-refractivity contribution in [3.63, 3.8) is 0 Å². The van der Waals surface area contributed by atoms with Gasteiger partial charge in [-0.05, 0) is 39.8 Å². The van der Waals surface area contributed by atoms with Gasteiger partial charge in [-0.25, -0.2) is 4.98 Å². The zero-order valence-corrected chi connectivity index (χ0v) is 16.3. The molecule has 3 rings (SSSR count). The topological polar surface area (TPSA) is 57.6 Å². The van der Waals surface area contributed by atoms with E-state index in [2.05, 4.69) is 4.98 Å². The van der Waals surface area contributed by atoms with Gasteiger partial charge in [-0.3, -0.25) is 4.79 Å². The molecule has 0 spiro atoms. The molecular weight excluding hydrogens is 354 g/mol. The second kappa shape index (κ2) is 6.65. The quantitative estimate of drug-likeness (QED) is 0.716. The van der Waals surface area contributed by atoms with Crippen molar-refractivity contribution in [1.29, 1.82) is 0 Å². The SMILES string of the molecule is COc1nc(-c2cccc(C3OC(C)(C)C(C)(C)O3)c2Cl)ccc1C=O. The fourth-order valence-corrected chi connectivity index (χ4v) is 3.07. The van der Waals surface area contributed by atoms with Crippen LogP contribution in [0, 0.1) is 0 Å². The molecule has 138 valence electrons. The minimum absolute atomic E-state index is 0.259. The summed E-state index contributed by atoms with van der Waals surface area (Å²) in [4.78, 5) is 15.5. The zero-order chi connectivity index (χ0) is 19.1. The Labute approximate surface area is 158 Å². The Hall–Kier alpha value is -1.95. The monoisotopic (exact) mass is 375 g/mol. The molecule has 6 heteroatoms. The number of carbonyl (C=O) groups excluding carboxylic acids is 1. The highest BCUT2D eigenvalue weighted by Crippen LogP contribution is 2.47. The van der Waals surface area contributed by atoms with E-state index in [0.29, 0.717) is 22.6 Å². The van der Waals surface area contributed by atoms with Crippen molar-refractivity contribution >= 4 is 17.9 Å². The Balaban J connectivity index is 2.03. The number of nitrogens with zero attached hydrogens (tertiary/aromatic N) is 1. The molecule has 0 amide bonds. The highest BCUT2D eigenvalue weighted by Gasteiger charge is 2.50. The first-order chi connectivity index (χ1) is 12.2. The highest BCUT2D eigenvalue weighted by atomic mass is 35.5. The lowest BCUT2D eigenvalue weighted by Gasteiger charge is -2.30. The Morgan fingerprint density at radius 2 is 1.77 bits per heavy atom. The van der Waals surface area contributed by atoms with Crippen LogP contribution in [0.15, 0.2) is 30.3 Å². The molecule has 5 nitrogen and oxygen atoms in total. The van der Waals surface area contributed by atoms with Gasteiger partial charge in [0, 0.05) is 11.1 Å². The van der Waals surface area contributed by atoms with Crippen molar-refractivity contribution < 1.29 is 19.0 Å². The Morgan fingerprint density at radius 3 is 2.35 bits per heavy atom. The zero-order valence-electron chi connectivity index (χ0n) is 15.5. The number of benzene rings is 1. The molecule has 1 fully saturated rings. The standard InChI is InChI=1S/C20H22ClNO4/c1-19(2)20(3,4)26-18(25-19)14-8-6-7-13(16(14)21)15-10-9-12(11-23)17(22-15)24-5/h6-11,18H,1-5H3. The van der Waals surface area contributed by atoms with Crippen LogP contribution in [-0.4, -0.2) is 29.6 Å². The molecule has 0 atom stereocenters. The summed E-state index contributed by atoms with van der Waals surface area (Å²) >= 11 is 6.67. The predicted molar refractivity (Wildman–Crippen MR) is 99.7 cm³/mol. The van der Waals surface area contributed by atoms with E-state index in [1.54, 1.807) is 12.1 Å². The molecule has 2 heterocycles. The van der Waals surface area contributed by atoms with Gasteiger partial charge < -0.3 is 14.2 Å². The molecule has 1 aromatic carbocycles. The van der Waals surface area contributed by atoms with Crippen molar-refractivity contribution in [3.05, 3.63) is 46.5 Å². The first-order valence-electron chi connectivity index (χ1n) is 8.35. The number of methoxy groups -OCH3 is 1. The number of aromatic nitrogens is 1. The van der Waals surface area contributed by atoms with Gasteiger partial charge >= 0.3 is 0 Å². The number of aldehydes is 1. The van der Waals surface area contributed by atoms with Gasteiger partial charge in [-0.2, -0.15) is 0 Å². The normalized spacial score (nSPS) is 18.7. The summed E-state index contributed by atoms with van der Waals surface area (Å²) in [5.41, 5.74) is 1.54. The van der Waals surface area contributed by atoms with E-state index in [-0.39, 0.29) is 5.88 Å². The van der Waals surface area contributed by atoms with Crippen molar-refractivity contribution in [2.75, 3.05) is 7.11 Å². The van der Waals surface area contributed by atoms with Gasteiger partial charge in [-0.15, -0.1) is 0 Å². The van der Waals surface area contributed by atoms with E-state index in [1.807, 2.05) is 45.9 Å². The van der Waals surface area contributed by atoms with Gasteiger partial charge in [0.1, 0.15) is 0 Å². The lowest BCUT2D eigenvalue weighted by atomic mass is 9.90. The number of halogens is 1. The van der Waals surface area contributed by atoms with Crippen LogP contribution in [0.25, 0.3) is 11.3 Å². The third-order valence-corrected chi connectivity index (χ3v) is 5.44. The van der Waals surface area contributed by atoms with Crippen molar-refractivity contribution in [1.82, 2.24) is 4.98 Å². The Bertz CT molecular complexity index is 832. The minimum Gasteiger partial charge on any atom is -0.480 e. The van der Waals surface area contributed by atoms with Crippen LogP contribution in [0.5, 0.6) is 5.88 Å². The molecule has 0 radical (unpaired) electrons.